The van der Waals surface area contributed by atoms with E-state index in [0.29, 0.717) is 24.1 Å². The Morgan fingerprint density at radius 3 is 3.05 bits per heavy atom. The number of fused-ring (bicyclic) bond motifs is 1. The Morgan fingerprint density at radius 2 is 2.27 bits per heavy atom. The minimum atomic E-state index is -3.65. The number of aromatic nitrogens is 2. The monoisotopic (exact) mass is 322 g/mol. The molecule has 2 heterocycles. The lowest BCUT2D eigenvalue weighted by Gasteiger charge is -2.16. The molecule has 2 aromatic rings. The second kappa shape index (κ2) is 5.69. The van der Waals surface area contributed by atoms with E-state index in [1.165, 1.54) is 12.4 Å². The second-order valence-corrected chi connectivity index (χ2v) is 7.16. The molecular weight excluding hydrogens is 304 g/mol. The highest BCUT2D eigenvalue weighted by Gasteiger charge is 2.32. The van der Waals surface area contributed by atoms with Crippen LogP contribution >= 0.6 is 0 Å². The molecule has 7 nitrogen and oxygen atoms in total. The van der Waals surface area contributed by atoms with E-state index in [4.69, 9.17) is 0 Å². The minimum Gasteiger partial charge on any atom is -0.345 e. The zero-order valence-electron chi connectivity index (χ0n) is 12.2. The Morgan fingerprint density at radius 1 is 1.45 bits per heavy atom. The lowest BCUT2D eigenvalue weighted by Crippen LogP contribution is -2.37. The first kappa shape index (κ1) is 15.0. The molecule has 0 spiro atoms. The number of hydrogen-bond donors (Lipinski definition) is 2. The molecule has 1 aliphatic heterocycles. The van der Waals surface area contributed by atoms with Gasteiger partial charge in [0.25, 0.3) is 0 Å². The summed E-state index contributed by atoms with van der Waals surface area (Å²) in [6.07, 6.45) is 2.60. The van der Waals surface area contributed by atoms with Crippen molar-refractivity contribution in [2.45, 2.75) is 30.7 Å². The molecule has 0 saturated carbocycles. The van der Waals surface area contributed by atoms with Gasteiger partial charge in [0.15, 0.2) is 0 Å². The normalized spacial score (nSPS) is 19.2. The van der Waals surface area contributed by atoms with Gasteiger partial charge in [-0.3, -0.25) is 4.79 Å². The first-order valence-corrected chi connectivity index (χ1v) is 8.71. The molecule has 0 radical (unpaired) electrons. The third-order valence-corrected chi connectivity index (χ3v) is 5.25. The van der Waals surface area contributed by atoms with E-state index >= 15 is 0 Å². The van der Waals surface area contributed by atoms with E-state index in [0.717, 1.165) is 6.42 Å². The molecule has 1 amide bonds. The summed E-state index contributed by atoms with van der Waals surface area (Å²) in [5.41, 5.74) is 1.38. The summed E-state index contributed by atoms with van der Waals surface area (Å²) in [5.74, 6) is -0.00132. The van der Waals surface area contributed by atoms with Crippen molar-refractivity contribution in [2.75, 3.05) is 13.1 Å². The van der Waals surface area contributed by atoms with Crippen LogP contribution in [0.25, 0.3) is 11.0 Å². The van der Waals surface area contributed by atoms with E-state index in [1.54, 1.807) is 17.0 Å². The van der Waals surface area contributed by atoms with E-state index in [2.05, 4.69) is 14.7 Å². The van der Waals surface area contributed by atoms with Crippen LogP contribution in [0.4, 0.5) is 0 Å². The van der Waals surface area contributed by atoms with Crippen LogP contribution in [0.15, 0.2) is 29.4 Å². The van der Waals surface area contributed by atoms with Gasteiger partial charge in [-0.25, -0.2) is 18.1 Å². The third kappa shape index (κ3) is 2.84. The summed E-state index contributed by atoms with van der Waals surface area (Å²) >= 11 is 0. The van der Waals surface area contributed by atoms with E-state index in [1.807, 2.05) is 6.92 Å². The highest BCUT2D eigenvalue weighted by atomic mass is 32.2. The van der Waals surface area contributed by atoms with Crippen LogP contribution in [-0.2, 0) is 14.8 Å². The average molecular weight is 322 g/mol. The standard InChI is InChI=1S/C14H18N4O3S/c1-2-5-18-8-10(6-14(18)19)17-22(20,21)11-3-4-12-13(7-11)16-9-15-12/h3-4,7,9-10,17H,2,5-6,8H2,1H3,(H,15,16). The predicted octanol–water partition coefficient (Wildman–Crippen LogP) is 0.852. The smallest absolute Gasteiger partial charge is 0.240 e. The molecule has 8 heteroatoms. The molecule has 1 aromatic carbocycles. The zero-order valence-corrected chi connectivity index (χ0v) is 13.1. The number of nitrogens with zero attached hydrogens (tertiary/aromatic N) is 2. The van der Waals surface area contributed by atoms with Gasteiger partial charge in [-0.05, 0) is 24.6 Å². The summed E-state index contributed by atoms with van der Waals surface area (Å²) in [7, 11) is -3.65. The number of sulfonamides is 1. The molecule has 2 N–H and O–H groups in total. The Hall–Kier alpha value is -1.93. The summed E-state index contributed by atoms with van der Waals surface area (Å²) in [6, 6.07) is 4.35. The van der Waals surface area contributed by atoms with Gasteiger partial charge in [0.05, 0.1) is 22.3 Å². The summed E-state index contributed by atoms with van der Waals surface area (Å²) in [5, 5.41) is 0. The summed E-state index contributed by atoms with van der Waals surface area (Å²) in [4.78, 5) is 20.6. The Labute approximate surface area is 128 Å². The van der Waals surface area contributed by atoms with Crippen LogP contribution in [0, 0.1) is 0 Å². The van der Waals surface area contributed by atoms with Gasteiger partial charge >= 0.3 is 0 Å². The fourth-order valence-electron chi connectivity index (χ4n) is 2.71. The maximum atomic E-state index is 12.4. The van der Waals surface area contributed by atoms with Crippen molar-refractivity contribution < 1.29 is 13.2 Å². The van der Waals surface area contributed by atoms with Gasteiger partial charge < -0.3 is 9.88 Å². The van der Waals surface area contributed by atoms with Gasteiger partial charge in [0.2, 0.25) is 15.9 Å². The van der Waals surface area contributed by atoms with Crippen LogP contribution in [0.2, 0.25) is 0 Å². The maximum Gasteiger partial charge on any atom is 0.240 e. The molecule has 1 fully saturated rings. The lowest BCUT2D eigenvalue weighted by atomic mass is 10.3. The topological polar surface area (TPSA) is 95.2 Å². The Bertz CT molecular complexity index is 799. The van der Waals surface area contributed by atoms with Gasteiger partial charge in [0.1, 0.15) is 0 Å². The number of carbonyl (C=O) groups excluding carboxylic acids is 1. The van der Waals surface area contributed by atoms with Gasteiger partial charge in [0, 0.05) is 25.6 Å². The number of H-pyrrole nitrogens is 1. The highest BCUT2D eigenvalue weighted by Crippen LogP contribution is 2.18. The number of amides is 1. The molecule has 22 heavy (non-hydrogen) atoms. The van der Waals surface area contributed by atoms with Crippen LogP contribution in [0.3, 0.4) is 0 Å². The van der Waals surface area contributed by atoms with Crippen molar-refractivity contribution in [1.82, 2.24) is 19.6 Å². The van der Waals surface area contributed by atoms with Gasteiger partial charge in [-0.15, -0.1) is 0 Å². The first-order valence-electron chi connectivity index (χ1n) is 7.23. The summed E-state index contributed by atoms with van der Waals surface area (Å²) < 4.78 is 27.5. The molecular formula is C14H18N4O3S. The van der Waals surface area contributed by atoms with Crippen LogP contribution < -0.4 is 4.72 Å². The average Bonchev–Trinajstić information content (AvgIpc) is 3.05. The fourth-order valence-corrected chi connectivity index (χ4v) is 3.96. The number of benzene rings is 1. The predicted molar refractivity (Wildman–Crippen MR) is 81.7 cm³/mol. The molecule has 1 unspecified atom stereocenters. The van der Waals surface area contributed by atoms with Crippen LogP contribution in [0.1, 0.15) is 19.8 Å². The number of hydrogen-bond acceptors (Lipinski definition) is 4. The fraction of sp³-hybridized carbons (Fsp3) is 0.429. The molecule has 3 rings (SSSR count). The number of imidazole rings is 1. The number of likely N-dealkylation sites (tertiary alicyclic amines) is 1. The van der Waals surface area contributed by atoms with Gasteiger partial charge in [-0.1, -0.05) is 6.92 Å². The zero-order chi connectivity index (χ0) is 15.7. The number of aromatic amines is 1. The molecule has 0 aliphatic carbocycles. The molecule has 1 saturated heterocycles. The first-order chi connectivity index (χ1) is 10.5. The van der Waals surface area contributed by atoms with Gasteiger partial charge in [-0.2, -0.15) is 0 Å². The largest absolute Gasteiger partial charge is 0.345 e. The quantitative estimate of drug-likeness (QED) is 0.853. The van der Waals surface area contributed by atoms with Crippen molar-refractivity contribution in [3.05, 3.63) is 24.5 Å². The minimum absolute atomic E-state index is 0.00132. The van der Waals surface area contributed by atoms with Crippen molar-refractivity contribution in [2.24, 2.45) is 0 Å². The second-order valence-electron chi connectivity index (χ2n) is 5.44. The number of carbonyl (C=O) groups is 1. The number of rotatable bonds is 5. The molecule has 1 aliphatic rings. The molecule has 1 atom stereocenters. The van der Waals surface area contributed by atoms with Crippen LogP contribution in [0.5, 0.6) is 0 Å². The van der Waals surface area contributed by atoms with Crippen molar-refractivity contribution in [3.63, 3.8) is 0 Å². The number of nitrogens with one attached hydrogen (secondary N) is 2. The molecule has 1 aromatic heterocycles. The van der Waals surface area contributed by atoms with E-state index in [9.17, 15) is 13.2 Å². The maximum absolute atomic E-state index is 12.4. The third-order valence-electron chi connectivity index (χ3n) is 3.73. The molecule has 118 valence electrons. The van der Waals surface area contributed by atoms with Crippen molar-refractivity contribution in [3.8, 4) is 0 Å². The highest BCUT2D eigenvalue weighted by molar-refractivity contribution is 7.89. The summed E-state index contributed by atoms with van der Waals surface area (Å²) in [6.45, 7) is 3.08. The van der Waals surface area contributed by atoms with E-state index in [-0.39, 0.29) is 23.3 Å². The van der Waals surface area contributed by atoms with E-state index < -0.39 is 10.0 Å². The lowest BCUT2D eigenvalue weighted by molar-refractivity contribution is -0.127. The SMILES string of the molecule is CCCN1CC(NS(=O)(=O)c2ccc3nc[nH]c3c2)CC1=O. The Balaban J connectivity index is 1.77. The van der Waals surface area contributed by atoms with Crippen molar-refractivity contribution >= 4 is 27.0 Å². The molecule has 0 bridgehead atoms. The van der Waals surface area contributed by atoms with Crippen molar-refractivity contribution in [1.29, 1.82) is 0 Å². The Kier molecular flexibility index (Phi) is 3.88. The van der Waals surface area contributed by atoms with Crippen LogP contribution in [-0.4, -0.2) is 48.3 Å².